The molecule has 1 heterocycles. The highest BCUT2D eigenvalue weighted by atomic mass is 19.1. The number of likely N-dealkylation sites (tertiary alicyclic amines) is 1. The number of hydrogen-bond donors (Lipinski definition) is 0. The van der Waals surface area contributed by atoms with E-state index in [1.807, 2.05) is 0 Å². The summed E-state index contributed by atoms with van der Waals surface area (Å²) in [5.41, 5.74) is -0.144. The second-order valence-corrected chi connectivity index (χ2v) is 4.50. The van der Waals surface area contributed by atoms with Crippen LogP contribution in [0.5, 0.6) is 0 Å². The van der Waals surface area contributed by atoms with Gasteiger partial charge in [0.2, 0.25) is 0 Å². The molecule has 0 unspecified atom stereocenters. The minimum Gasteiger partial charge on any atom is -0.452 e. The molecule has 0 aliphatic carbocycles. The molecule has 0 bridgehead atoms. The molecule has 19 heavy (non-hydrogen) atoms. The maximum atomic E-state index is 13.3. The van der Waals surface area contributed by atoms with Gasteiger partial charge in [0.1, 0.15) is 5.82 Å². The third-order valence-electron chi connectivity index (χ3n) is 3.13. The molecular formula is C14H16FNO3. The van der Waals surface area contributed by atoms with Crippen molar-refractivity contribution in [1.29, 1.82) is 0 Å². The van der Waals surface area contributed by atoms with E-state index in [1.54, 1.807) is 11.0 Å². The molecule has 0 atom stereocenters. The number of benzene rings is 1. The lowest BCUT2D eigenvalue weighted by atomic mass is 10.1. The molecule has 0 aromatic heterocycles. The van der Waals surface area contributed by atoms with E-state index in [0.29, 0.717) is 13.1 Å². The van der Waals surface area contributed by atoms with Crippen molar-refractivity contribution >= 4 is 11.9 Å². The Bertz CT molecular complexity index is 470. The molecule has 5 heteroatoms. The Labute approximate surface area is 111 Å². The number of amides is 1. The molecule has 0 radical (unpaired) electrons. The van der Waals surface area contributed by atoms with E-state index in [-0.39, 0.29) is 18.1 Å². The standard InChI is InChI=1S/C14H16FNO3/c15-12-7-3-2-6-11(12)14(18)19-10-13(17)16-8-4-1-5-9-16/h2-3,6-7H,1,4-5,8-10H2. The smallest absolute Gasteiger partial charge is 0.341 e. The number of nitrogens with zero attached hydrogens (tertiary/aromatic N) is 1. The van der Waals surface area contributed by atoms with Crippen LogP contribution >= 0.6 is 0 Å². The van der Waals surface area contributed by atoms with Crippen molar-refractivity contribution in [2.75, 3.05) is 19.7 Å². The molecule has 4 nitrogen and oxygen atoms in total. The van der Waals surface area contributed by atoms with Crippen molar-refractivity contribution in [3.63, 3.8) is 0 Å². The second kappa shape index (κ2) is 6.31. The predicted octanol–water partition coefficient (Wildman–Crippen LogP) is 1.99. The third-order valence-corrected chi connectivity index (χ3v) is 3.13. The summed E-state index contributed by atoms with van der Waals surface area (Å²) in [6.45, 7) is 1.08. The van der Waals surface area contributed by atoms with Crippen LogP contribution in [0.2, 0.25) is 0 Å². The van der Waals surface area contributed by atoms with E-state index in [4.69, 9.17) is 4.74 Å². The number of carbonyl (C=O) groups is 2. The normalized spacial score (nSPS) is 15.1. The molecule has 2 rings (SSSR count). The molecule has 1 fully saturated rings. The van der Waals surface area contributed by atoms with Crippen molar-refractivity contribution in [3.05, 3.63) is 35.6 Å². The first-order chi connectivity index (χ1) is 9.18. The Morgan fingerprint density at radius 1 is 1.16 bits per heavy atom. The first-order valence-electron chi connectivity index (χ1n) is 6.38. The Morgan fingerprint density at radius 3 is 2.53 bits per heavy atom. The maximum Gasteiger partial charge on any atom is 0.341 e. The van der Waals surface area contributed by atoms with Crippen molar-refractivity contribution in [2.45, 2.75) is 19.3 Å². The maximum absolute atomic E-state index is 13.3. The molecule has 1 aliphatic rings. The summed E-state index contributed by atoms with van der Waals surface area (Å²) in [5.74, 6) is -1.66. The Balaban J connectivity index is 1.86. The zero-order valence-electron chi connectivity index (χ0n) is 10.6. The van der Waals surface area contributed by atoms with Gasteiger partial charge in [-0.2, -0.15) is 0 Å². The highest BCUT2D eigenvalue weighted by Gasteiger charge is 2.19. The minimum absolute atomic E-state index is 0.144. The summed E-state index contributed by atoms with van der Waals surface area (Å²) >= 11 is 0. The van der Waals surface area contributed by atoms with Crippen molar-refractivity contribution in [1.82, 2.24) is 4.90 Å². The number of hydrogen-bond acceptors (Lipinski definition) is 3. The van der Waals surface area contributed by atoms with E-state index < -0.39 is 11.8 Å². The lowest BCUT2D eigenvalue weighted by molar-refractivity contribution is -0.135. The summed E-state index contributed by atoms with van der Waals surface area (Å²) in [4.78, 5) is 25.1. The van der Waals surface area contributed by atoms with Crippen LogP contribution in [-0.2, 0) is 9.53 Å². The molecule has 1 aromatic carbocycles. The van der Waals surface area contributed by atoms with Gasteiger partial charge in [0.15, 0.2) is 6.61 Å². The topological polar surface area (TPSA) is 46.6 Å². The number of halogens is 1. The molecule has 102 valence electrons. The third kappa shape index (κ3) is 3.53. The van der Waals surface area contributed by atoms with Crippen molar-refractivity contribution in [3.8, 4) is 0 Å². The number of rotatable bonds is 3. The van der Waals surface area contributed by atoms with Crippen LogP contribution in [0.4, 0.5) is 4.39 Å². The van der Waals surface area contributed by atoms with E-state index in [0.717, 1.165) is 19.3 Å². The molecule has 0 saturated carbocycles. The van der Waals surface area contributed by atoms with E-state index in [1.165, 1.54) is 18.2 Å². The minimum atomic E-state index is -0.802. The van der Waals surface area contributed by atoms with Crippen LogP contribution in [0, 0.1) is 5.82 Å². The fraction of sp³-hybridized carbons (Fsp3) is 0.429. The summed E-state index contributed by atoms with van der Waals surface area (Å²) in [5, 5.41) is 0. The van der Waals surface area contributed by atoms with Gasteiger partial charge < -0.3 is 9.64 Å². The van der Waals surface area contributed by atoms with Crippen LogP contribution in [-0.4, -0.2) is 36.5 Å². The van der Waals surface area contributed by atoms with Gasteiger partial charge >= 0.3 is 5.97 Å². The van der Waals surface area contributed by atoms with Gasteiger partial charge in [-0.15, -0.1) is 0 Å². The zero-order chi connectivity index (χ0) is 13.7. The van der Waals surface area contributed by atoms with E-state index in [9.17, 15) is 14.0 Å². The van der Waals surface area contributed by atoms with Gasteiger partial charge in [0.25, 0.3) is 5.91 Å². The molecule has 0 spiro atoms. The van der Waals surface area contributed by atoms with E-state index >= 15 is 0 Å². The molecule has 1 amide bonds. The highest BCUT2D eigenvalue weighted by Crippen LogP contribution is 2.10. The zero-order valence-corrected chi connectivity index (χ0v) is 10.6. The fourth-order valence-electron chi connectivity index (χ4n) is 2.07. The van der Waals surface area contributed by atoms with Crippen LogP contribution in [0.1, 0.15) is 29.6 Å². The van der Waals surface area contributed by atoms with Gasteiger partial charge in [-0.05, 0) is 31.4 Å². The van der Waals surface area contributed by atoms with Gasteiger partial charge in [0.05, 0.1) is 5.56 Å². The van der Waals surface area contributed by atoms with Crippen LogP contribution in [0.3, 0.4) is 0 Å². The molecule has 0 N–H and O–H groups in total. The Morgan fingerprint density at radius 2 is 1.84 bits per heavy atom. The number of esters is 1. The lowest BCUT2D eigenvalue weighted by Gasteiger charge is -2.26. The lowest BCUT2D eigenvalue weighted by Crippen LogP contribution is -2.38. The summed E-state index contributed by atoms with van der Waals surface area (Å²) < 4.78 is 18.2. The van der Waals surface area contributed by atoms with Crippen LogP contribution in [0.15, 0.2) is 24.3 Å². The molecule has 1 saturated heterocycles. The molecular weight excluding hydrogens is 249 g/mol. The Hall–Kier alpha value is -1.91. The quantitative estimate of drug-likeness (QED) is 0.785. The molecule has 1 aliphatic heterocycles. The van der Waals surface area contributed by atoms with Crippen LogP contribution in [0.25, 0.3) is 0 Å². The monoisotopic (exact) mass is 265 g/mol. The predicted molar refractivity (Wildman–Crippen MR) is 67.1 cm³/mol. The van der Waals surface area contributed by atoms with Crippen molar-refractivity contribution < 1.29 is 18.7 Å². The van der Waals surface area contributed by atoms with Gasteiger partial charge in [0, 0.05) is 13.1 Å². The second-order valence-electron chi connectivity index (χ2n) is 4.50. The first kappa shape index (κ1) is 13.5. The average Bonchev–Trinajstić information content (AvgIpc) is 2.46. The average molecular weight is 265 g/mol. The van der Waals surface area contributed by atoms with Gasteiger partial charge in [-0.1, -0.05) is 12.1 Å². The largest absolute Gasteiger partial charge is 0.452 e. The first-order valence-corrected chi connectivity index (χ1v) is 6.38. The summed E-state index contributed by atoms with van der Waals surface area (Å²) in [7, 11) is 0. The number of carbonyl (C=O) groups excluding carboxylic acids is 2. The SMILES string of the molecule is O=C(OCC(=O)N1CCCCC1)c1ccccc1F. The fourth-order valence-corrected chi connectivity index (χ4v) is 2.07. The molecule has 1 aromatic rings. The highest BCUT2D eigenvalue weighted by molar-refractivity contribution is 5.91. The van der Waals surface area contributed by atoms with Crippen LogP contribution < -0.4 is 0 Å². The van der Waals surface area contributed by atoms with Gasteiger partial charge in [-0.25, -0.2) is 9.18 Å². The number of piperidine rings is 1. The Kier molecular flexibility index (Phi) is 4.49. The van der Waals surface area contributed by atoms with Gasteiger partial charge in [-0.3, -0.25) is 4.79 Å². The van der Waals surface area contributed by atoms with E-state index in [2.05, 4.69) is 0 Å². The summed E-state index contributed by atoms with van der Waals surface area (Å²) in [6.07, 6.45) is 3.08. The van der Waals surface area contributed by atoms with Crippen molar-refractivity contribution in [2.24, 2.45) is 0 Å². The number of ether oxygens (including phenoxy) is 1. The summed E-state index contributed by atoms with van der Waals surface area (Å²) in [6, 6.07) is 5.56.